The van der Waals surface area contributed by atoms with Gasteiger partial charge in [0.25, 0.3) is 0 Å². The van der Waals surface area contributed by atoms with Crippen molar-refractivity contribution >= 4 is 10.0 Å². The maximum atomic E-state index is 13.7. The van der Waals surface area contributed by atoms with Crippen LogP contribution in [0.25, 0.3) is 5.69 Å². The molecule has 2 N–H and O–H groups in total. The number of sulfonamides is 1. The van der Waals surface area contributed by atoms with E-state index in [0.717, 1.165) is 17.3 Å². The molecule has 2 rings (SSSR count). The number of nitrogens with one attached hydrogen (secondary N) is 1. The van der Waals surface area contributed by atoms with Gasteiger partial charge >= 0.3 is 0 Å². The molecule has 0 aliphatic rings. The van der Waals surface area contributed by atoms with Crippen LogP contribution in [-0.2, 0) is 10.0 Å². The van der Waals surface area contributed by atoms with Gasteiger partial charge in [0.15, 0.2) is 0 Å². The minimum Gasteiger partial charge on any atom is -0.392 e. The Morgan fingerprint density at radius 1 is 1.41 bits per heavy atom. The van der Waals surface area contributed by atoms with Crippen LogP contribution in [0.3, 0.4) is 0 Å². The Labute approximate surface area is 128 Å². The van der Waals surface area contributed by atoms with Crippen molar-refractivity contribution < 1.29 is 17.9 Å². The summed E-state index contributed by atoms with van der Waals surface area (Å²) in [6.07, 6.45) is 2.90. The van der Waals surface area contributed by atoms with E-state index in [-0.39, 0.29) is 17.1 Å². The van der Waals surface area contributed by atoms with Crippen LogP contribution in [0.4, 0.5) is 4.39 Å². The summed E-state index contributed by atoms with van der Waals surface area (Å²) in [4.78, 5) is -0.0838. The molecule has 8 heteroatoms. The van der Waals surface area contributed by atoms with E-state index in [4.69, 9.17) is 0 Å². The molecule has 1 unspecified atom stereocenters. The summed E-state index contributed by atoms with van der Waals surface area (Å²) in [7, 11) is -3.79. The van der Waals surface area contributed by atoms with Crippen molar-refractivity contribution in [2.75, 3.05) is 6.54 Å². The maximum Gasteiger partial charge on any atom is 0.243 e. The predicted octanol–water partition coefficient (Wildman–Crippen LogP) is 1.45. The average Bonchev–Trinajstić information content (AvgIpc) is 2.97. The molecule has 0 aliphatic heterocycles. The van der Waals surface area contributed by atoms with Crippen molar-refractivity contribution in [1.29, 1.82) is 0 Å². The highest BCUT2D eigenvalue weighted by Gasteiger charge is 2.18. The molecule has 0 amide bonds. The fraction of sp³-hybridized carbons (Fsp3) is 0.357. The van der Waals surface area contributed by atoms with Crippen molar-refractivity contribution in [3.63, 3.8) is 0 Å². The van der Waals surface area contributed by atoms with Crippen LogP contribution in [-0.4, -0.2) is 36.0 Å². The Balaban J connectivity index is 2.15. The van der Waals surface area contributed by atoms with Crippen molar-refractivity contribution in [3.8, 4) is 5.69 Å². The number of nitrogens with zero attached hydrogens (tertiary/aromatic N) is 2. The molecule has 22 heavy (non-hydrogen) atoms. The first kappa shape index (κ1) is 16.6. The number of benzene rings is 1. The van der Waals surface area contributed by atoms with E-state index < -0.39 is 21.9 Å². The molecule has 6 nitrogen and oxygen atoms in total. The smallest absolute Gasteiger partial charge is 0.243 e. The number of hydrogen-bond donors (Lipinski definition) is 2. The van der Waals surface area contributed by atoms with Crippen LogP contribution >= 0.6 is 0 Å². The topological polar surface area (TPSA) is 84.2 Å². The van der Waals surface area contributed by atoms with Gasteiger partial charge in [-0.1, -0.05) is 25.5 Å². The summed E-state index contributed by atoms with van der Waals surface area (Å²) < 4.78 is 41.3. The molecule has 0 fully saturated rings. The lowest BCUT2D eigenvalue weighted by Crippen LogP contribution is -2.31. The second-order valence-corrected chi connectivity index (χ2v) is 6.63. The number of rotatable bonds is 7. The normalized spacial score (nSPS) is 13.2. The summed E-state index contributed by atoms with van der Waals surface area (Å²) in [5, 5.41) is 13.5. The van der Waals surface area contributed by atoms with Crippen molar-refractivity contribution in [2.24, 2.45) is 0 Å². The lowest BCUT2D eigenvalue weighted by atomic mass is 10.2. The lowest BCUT2D eigenvalue weighted by Gasteiger charge is -2.10. The van der Waals surface area contributed by atoms with Crippen molar-refractivity contribution in [2.45, 2.75) is 30.8 Å². The highest BCUT2D eigenvalue weighted by molar-refractivity contribution is 7.89. The summed E-state index contributed by atoms with van der Waals surface area (Å²) in [6.45, 7) is 1.83. The second-order valence-electron chi connectivity index (χ2n) is 4.87. The van der Waals surface area contributed by atoms with Crippen LogP contribution in [0.2, 0.25) is 0 Å². The van der Waals surface area contributed by atoms with Gasteiger partial charge in [0, 0.05) is 6.54 Å². The zero-order valence-electron chi connectivity index (χ0n) is 12.1. The Morgan fingerprint density at radius 2 is 2.14 bits per heavy atom. The minimum atomic E-state index is -3.79. The summed E-state index contributed by atoms with van der Waals surface area (Å²) >= 11 is 0. The summed E-state index contributed by atoms with van der Waals surface area (Å²) in [6, 6.07) is 5.94. The third-order valence-electron chi connectivity index (χ3n) is 3.10. The number of hydrogen-bond acceptors (Lipinski definition) is 4. The quantitative estimate of drug-likeness (QED) is 0.806. The summed E-state index contributed by atoms with van der Waals surface area (Å²) in [5.41, 5.74) is 0.162. The minimum absolute atomic E-state index is 0.0684. The van der Waals surface area contributed by atoms with Gasteiger partial charge in [0.1, 0.15) is 16.4 Å². The number of aliphatic hydroxyl groups is 1. The molecule has 1 atom stereocenters. The van der Waals surface area contributed by atoms with E-state index in [9.17, 15) is 17.9 Å². The number of halogens is 1. The Morgan fingerprint density at radius 3 is 2.82 bits per heavy atom. The van der Waals surface area contributed by atoms with Crippen LogP contribution in [0.1, 0.15) is 19.8 Å². The van der Waals surface area contributed by atoms with Crippen LogP contribution < -0.4 is 4.72 Å². The third-order valence-corrected chi connectivity index (χ3v) is 4.48. The van der Waals surface area contributed by atoms with E-state index in [2.05, 4.69) is 9.82 Å². The van der Waals surface area contributed by atoms with Gasteiger partial charge in [-0.3, -0.25) is 0 Å². The molecule has 0 saturated carbocycles. The largest absolute Gasteiger partial charge is 0.392 e. The fourth-order valence-corrected chi connectivity index (χ4v) is 2.94. The second kappa shape index (κ2) is 6.99. The molecule has 2 aromatic rings. The number of aliphatic hydroxyl groups excluding tert-OH is 1. The Hall–Kier alpha value is -1.77. The van der Waals surface area contributed by atoms with Gasteiger partial charge in [-0.25, -0.2) is 22.2 Å². The van der Waals surface area contributed by atoms with E-state index in [1.807, 2.05) is 6.92 Å². The SMILES string of the molecule is CCCC(O)CNS(=O)(=O)c1cnn(-c2ccccc2F)c1. The van der Waals surface area contributed by atoms with E-state index in [0.29, 0.717) is 6.42 Å². The molecule has 0 spiro atoms. The monoisotopic (exact) mass is 327 g/mol. The molecule has 0 radical (unpaired) electrons. The van der Waals surface area contributed by atoms with Gasteiger partial charge in [0.2, 0.25) is 10.0 Å². The fourth-order valence-electron chi connectivity index (χ4n) is 1.94. The van der Waals surface area contributed by atoms with Gasteiger partial charge in [-0.2, -0.15) is 5.10 Å². The Bertz CT molecular complexity index is 730. The molecule has 0 bridgehead atoms. The predicted molar refractivity (Wildman–Crippen MR) is 79.6 cm³/mol. The van der Waals surface area contributed by atoms with E-state index in [1.54, 1.807) is 6.07 Å². The molecule has 1 aromatic heterocycles. The summed E-state index contributed by atoms with van der Waals surface area (Å²) in [5.74, 6) is -0.499. The molecule has 0 saturated heterocycles. The van der Waals surface area contributed by atoms with Crippen LogP contribution in [0.15, 0.2) is 41.6 Å². The molecular weight excluding hydrogens is 309 g/mol. The van der Waals surface area contributed by atoms with Crippen LogP contribution in [0.5, 0.6) is 0 Å². The first-order valence-electron chi connectivity index (χ1n) is 6.91. The Kier molecular flexibility index (Phi) is 5.28. The third kappa shape index (κ3) is 3.90. The molecule has 120 valence electrons. The van der Waals surface area contributed by atoms with E-state index >= 15 is 0 Å². The lowest BCUT2D eigenvalue weighted by molar-refractivity contribution is 0.167. The molecule has 0 aliphatic carbocycles. The van der Waals surface area contributed by atoms with Gasteiger partial charge in [-0.05, 0) is 18.6 Å². The number of aromatic nitrogens is 2. The zero-order chi connectivity index (χ0) is 16.2. The van der Waals surface area contributed by atoms with E-state index in [1.165, 1.54) is 24.4 Å². The van der Waals surface area contributed by atoms with Gasteiger partial charge in [-0.15, -0.1) is 0 Å². The molecule has 1 heterocycles. The number of para-hydroxylation sites is 1. The molecule has 1 aromatic carbocycles. The van der Waals surface area contributed by atoms with Crippen molar-refractivity contribution in [3.05, 3.63) is 42.5 Å². The van der Waals surface area contributed by atoms with Gasteiger partial charge in [0.05, 0.1) is 18.5 Å². The standard InChI is InChI=1S/C14H18FN3O3S/c1-2-5-11(19)8-17-22(20,21)12-9-16-18(10-12)14-7-4-3-6-13(14)15/h3-4,6-7,9-11,17,19H,2,5,8H2,1H3. The first-order chi connectivity index (χ1) is 10.4. The highest BCUT2D eigenvalue weighted by atomic mass is 32.2. The average molecular weight is 327 g/mol. The highest BCUT2D eigenvalue weighted by Crippen LogP contribution is 2.15. The van der Waals surface area contributed by atoms with Crippen LogP contribution in [0, 0.1) is 5.82 Å². The zero-order valence-corrected chi connectivity index (χ0v) is 12.9. The van der Waals surface area contributed by atoms with Crippen molar-refractivity contribution in [1.82, 2.24) is 14.5 Å². The van der Waals surface area contributed by atoms with Gasteiger partial charge < -0.3 is 5.11 Å². The first-order valence-corrected chi connectivity index (χ1v) is 8.39. The maximum absolute atomic E-state index is 13.7. The molecular formula is C14H18FN3O3S.